The second kappa shape index (κ2) is 6.95. The molecule has 2 unspecified atom stereocenters. The fraction of sp³-hybridized carbons (Fsp3) is 0.625. The van der Waals surface area contributed by atoms with Crippen LogP contribution in [0.4, 0.5) is 0 Å². The van der Waals surface area contributed by atoms with Crippen molar-refractivity contribution in [3.63, 3.8) is 0 Å². The highest BCUT2D eigenvalue weighted by Gasteiger charge is 2.15. The lowest BCUT2D eigenvalue weighted by atomic mass is 10.1. The molecule has 1 aliphatic heterocycles. The Balaban J connectivity index is 2.03. The van der Waals surface area contributed by atoms with Crippen LogP contribution in [-0.4, -0.2) is 44.8 Å². The number of nitrogens with one attached hydrogen (secondary N) is 1. The number of nitrogens with zero attached hydrogens (tertiary/aromatic N) is 1. The van der Waals surface area contributed by atoms with Crippen molar-refractivity contribution in [1.29, 1.82) is 0 Å². The SMILES string of the molecule is CC(CN(C)C)NC(C)c1ccc2c(c1)OCCCO2. The molecule has 0 fully saturated rings. The first-order valence-electron chi connectivity index (χ1n) is 7.36. The lowest BCUT2D eigenvalue weighted by Crippen LogP contribution is -2.37. The van der Waals surface area contributed by atoms with Crippen LogP contribution in [0.1, 0.15) is 31.9 Å². The molecule has 2 atom stereocenters. The summed E-state index contributed by atoms with van der Waals surface area (Å²) in [5.41, 5.74) is 1.24. The Bertz CT molecular complexity index is 434. The predicted molar refractivity (Wildman–Crippen MR) is 81.6 cm³/mol. The normalized spacial score (nSPS) is 17.6. The van der Waals surface area contributed by atoms with E-state index < -0.39 is 0 Å². The first-order valence-corrected chi connectivity index (χ1v) is 7.36. The van der Waals surface area contributed by atoms with Crippen LogP contribution in [-0.2, 0) is 0 Å². The second-order valence-electron chi connectivity index (χ2n) is 5.81. The molecule has 1 aliphatic rings. The maximum absolute atomic E-state index is 5.75. The van der Waals surface area contributed by atoms with E-state index in [-0.39, 0.29) is 0 Å². The molecule has 20 heavy (non-hydrogen) atoms. The van der Waals surface area contributed by atoms with E-state index in [1.807, 2.05) is 6.07 Å². The van der Waals surface area contributed by atoms with Gasteiger partial charge in [-0.05, 0) is 45.6 Å². The van der Waals surface area contributed by atoms with E-state index >= 15 is 0 Å². The van der Waals surface area contributed by atoms with E-state index in [1.165, 1.54) is 5.56 Å². The fourth-order valence-electron chi connectivity index (χ4n) is 2.57. The van der Waals surface area contributed by atoms with E-state index in [4.69, 9.17) is 9.47 Å². The predicted octanol–water partition coefficient (Wildman–Crippen LogP) is 2.45. The monoisotopic (exact) mass is 278 g/mol. The number of benzene rings is 1. The van der Waals surface area contributed by atoms with Gasteiger partial charge in [0.2, 0.25) is 0 Å². The van der Waals surface area contributed by atoms with E-state index in [2.05, 4.69) is 50.3 Å². The fourth-order valence-corrected chi connectivity index (χ4v) is 2.57. The molecule has 1 heterocycles. The average molecular weight is 278 g/mol. The summed E-state index contributed by atoms with van der Waals surface area (Å²) in [6.07, 6.45) is 0.942. The Hall–Kier alpha value is -1.26. The molecule has 4 heteroatoms. The van der Waals surface area contributed by atoms with Gasteiger partial charge >= 0.3 is 0 Å². The van der Waals surface area contributed by atoms with Crippen LogP contribution < -0.4 is 14.8 Å². The van der Waals surface area contributed by atoms with Crippen LogP contribution in [0.15, 0.2) is 18.2 Å². The molecule has 0 spiro atoms. The maximum Gasteiger partial charge on any atom is 0.161 e. The Kier molecular flexibility index (Phi) is 5.26. The lowest BCUT2D eigenvalue weighted by Gasteiger charge is -2.23. The van der Waals surface area contributed by atoms with Crippen molar-refractivity contribution in [3.05, 3.63) is 23.8 Å². The number of fused-ring (bicyclic) bond motifs is 1. The van der Waals surface area contributed by atoms with Crippen LogP contribution in [0.3, 0.4) is 0 Å². The third-order valence-electron chi connectivity index (χ3n) is 3.45. The van der Waals surface area contributed by atoms with Crippen molar-refractivity contribution < 1.29 is 9.47 Å². The van der Waals surface area contributed by atoms with Crippen molar-refractivity contribution in [2.75, 3.05) is 33.9 Å². The van der Waals surface area contributed by atoms with E-state index in [1.54, 1.807) is 0 Å². The summed E-state index contributed by atoms with van der Waals surface area (Å²) in [6.45, 7) is 6.88. The number of likely N-dealkylation sites (N-methyl/N-ethyl adjacent to an activating group) is 1. The molecule has 0 saturated heterocycles. The largest absolute Gasteiger partial charge is 0.490 e. The van der Waals surface area contributed by atoms with Gasteiger partial charge < -0.3 is 19.7 Å². The highest BCUT2D eigenvalue weighted by Crippen LogP contribution is 2.32. The van der Waals surface area contributed by atoms with Gasteiger partial charge in [-0.1, -0.05) is 6.07 Å². The van der Waals surface area contributed by atoms with Crippen molar-refractivity contribution in [2.24, 2.45) is 0 Å². The highest BCUT2D eigenvalue weighted by atomic mass is 16.5. The number of ether oxygens (including phenoxy) is 2. The zero-order valence-corrected chi connectivity index (χ0v) is 13.0. The molecule has 112 valence electrons. The summed E-state index contributed by atoms with van der Waals surface area (Å²) in [5, 5.41) is 3.61. The van der Waals surface area contributed by atoms with E-state index in [9.17, 15) is 0 Å². The summed E-state index contributed by atoms with van der Waals surface area (Å²) in [4.78, 5) is 2.19. The van der Waals surface area contributed by atoms with Gasteiger partial charge in [0.1, 0.15) is 0 Å². The maximum atomic E-state index is 5.75. The molecular weight excluding hydrogens is 252 g/mol. The number of hydrogen-bond acceptors (Lipinski definition) is 4. The molecule has 0 saturated carbocycles. The van der Waals surface area contributed by atoms with Gasteiger partial charge in [0.25, 0.3) is 0 Å². The molecule has 2 rings (SSSR count). The Morgan fingerprint density at radius 1 is 1.15 bits per heavy atom. The minimum atomic E-state index is 0.294. The smallest absolute Gasteiger partial charge is 0.161 e. The Labute approximate surface area is 122 Å². The van der Waals surface area contributed by atoms with E-state index in [0.717, 1.165) is 37.7 Å². The summed E-state index contributed by atoms with van der Waals surface area (Å²) < 4.78 is 11.4. The molecule has 1 aromatic carbocycles. The summed E-state index contributed by atoms with van der Waals surface area (Å²) in [6, 6.07) is 6.97. The van der Waals surface area contributed by atoms with Gasteiger partial charge in [0.15, 0.2) is 11.5 Å². The summed E-state index contributed by atoms with van der Waals surface area (Å²) in [7, 11) is 4.19. The standard InChI is InChI=1S/C16H26N2O2/c1-12(11-18(3)4)17-13(2)14-6-7-15-16(10-14)20-9-5-8-19-15/h6-7,10,12-13,17H,5,8-9,11H2,1-4H3. The van der Waals surface area contributed by atoms with Crippen LogP contribution in [0, 0.1) is 0 Å². The van der Waals surface area contributed by atoms with Crippen molar-refractivity contribution in [3.8, 4) is 11.5 Å². The molecule has 0 radical (unpaired) electrons. The molecule has 0 aliphatic carbocycles. The summed E-state index contributed by atoms with van der Waals surface area (Å²) in [5.74, 6) is 1.73. The van der Waals surface area contributed by atoms with E-state index in [0.29, 0.717) is 12.1 Å². The molecule has 0 aromatic heterocycles. The van der Waals surface area contributed by atoms with Crippen molar-refractivity contribution in [1.82, 2.24) is 10.2 Å². The van der Waals surface area contributed by atoms with Crippen molar-refractivity contribution in [2.45, 2.75) is 32.4 Å². The quantitative estimate of drug-likeness (QED) is 0.897. The van der Waals surface area contributed by atoms with Gasteiger partial charge in [-0.15, -0.1) is 0 Å². The van der Waals surface area contributed by atoms with Gasteiger partial charge in [-0.25, -0.2) is 0 Å². The molecule has 1 N–H and O–H groups in total. The van der Waals surface area contributed by atoms with Gasteiger partial charge in [0.05, 0.1) is 13.2 Å². The van der Waals surface area contributed by atoms with Crippen LogP contribution in [0.2, 0.25) is 0 Å². The first-order chi connectivity index (χ1) is 9.56. The second-order valence-corrected chi connectivity index (χ2v) is 5.81. The average Bonchev–Trinajstić information content (AvgIpc) is 2.61. The molecular formula is C16H26N2O2. The zero-order chi connectivity index (χ0) is 14.5. The summed E-state index contributed by atoms with van der Waals surface area (Å²) >= 11 is 0. The Morgan fingerprint density at radius 3 is 2.55 bits per heavy atom. The van der Waals surface area contributed by atoms with Crippen LogP contribution in [0.25, 0.3) is 0 Å². The van der Waals surface area contributed by atoms with Gasteiger partial charge in [-0.3, -0.25) is 0 Å². The molecule has 4 nitrogen and oxygen atoms in total. The molecule has 0 bridgehead atoms. The van der Waals surface area contributed by atoms with Crippen molar-refractivity contribution >= 4 is 0 Å². The lowest BCUT2D eigenvalue weighted by molar-refractivity contribution is 0.296. The third kappa shape index (κ3) is 4.12. The molecule has 1 aromatic rings. The van der Waals surface area contributed by atoms with Crippen LogP contribution in [0.5, 0.6) is 11.5 Å². The van der Waals surface area contributed by atoms with Crippen LogP contribution >= 0.6 is 0 Å². The zero-order valence-electron chi connectivity index (χ0n) is 13.0. The first kappa shape index (κ1) is 15.1. The van der Waals surface area contributed by atoms with Gasteiger partial charge in [-0.2, -0.15) is 0 Å². The Morgan fingerprint density at radius 2 is 1.85 bits per heavy atom. The highest BCUT2D eigenvalue weighted by molar-refractivity contribution is 5.44. The minimum Gasteiger partial charge on any atom is -0.490 e. The minimum absolute atomic E-state index is 0.294. The number of rotatable bonds is 5. The topological polar surface area (TPSA) is 33.7 Å². The molecule has 0 amide bonds. The van der Waals surface area contributed by atoms with Gasteiger partial charge in [0, 0.05) is 25.0 Å². The third-order valence-corrected chi connectivity index (χ3v) is 3.45. The number of hydrogen-bond donors (Lipinski definition) is 1.